The molecule has 0 atom stereocenters. The second-order valence-corrected chi connectivity index (χ2v) is 5.56. The fourth-order valence-electron chi connectivity index (χ4n) is 2.61. The molecule has 1 N–H and O–H groups in total. The van der Waals surface area contributed by atoms with Gasteiger partial charge in [0.2, 0.25) is 0 Å². The number of nitro benzene ring substituents is 1. The Hall–Kier alpha value is -3.68. The van der Waals surface area contributed by atoms with Crippen LogP contribution in [0, 0.1) is 10.1 Å². The Balaban J connectivity index is 2.09. The van der Waals surface area contributed by atoms with Crippen LogP contribution >= 0.6 is 0 Å². The fraction of sp³-hybridized carbons (Fsp3) is 0.111. The van der Waals surface area contributed by atoms with Gasteiger partial charge in [0.15, 0.2) is 0 Å². The Kier molecular flexibility index (Phi) is 4.40. The van der Waals surface area contributed by atoms with E-state index in [1.165, 1.54) is 19.2 Å². The van der Waals surface area contributed by atoms with Crippen molar-refractivity contribution in [3.63, 3.8) is 0 Å². The fourth-order valence-corrected chi connectivity index (χ4v) is 2.61. The van der Waals surface area contributed by atoms with Gasteiger partial charge in [0.25, 0.3) is 5.69 Å². The number of rotatable bonds is 4. The highest BCUT2D eigenvalue weighted by Gasteiger charge is 2.22. The summed E-state index contributed by atoms with van der Waals surface area (Å²) in [7, 11) is 2.84. The lowest BCUT2D eigenvalue weighted by molar-refractivity contribution is -0.384. The maximum Gasteiger partial charge on any atom is 0.411 e. The molecule has 0 saturated carbocycles. The average Bonchev–Trinajstić information content (AvgIpc) is 2.65. The van der Waals surface area contributed by atoms with Crippen LogP contribution in [0.1, 0.15) is 0 Å². The van der Waals surface area contributed by atoms with Gasteiger partial charge in [-0.3, -0.25) is 15.0 Å². The number of nitrogens with zero attached hydrogens (tertiary/aromatic N) is 3. The first-order chi connectivity index (χ1) is 12.4. The minimum atomic E-state index is -1.28. The van der Waals surface area contributed by atoms with Crippen molar-refractivity contribution in [2.24, 2.45) is 0 Å². The molecule has 3 rings (SSSR count). The highest BCUT2D eigenvalue weighted by atomic mass is 16.6. The molecule has 0 bridgehead atoms. The van der Waals surface area contributed by atoms with Crippen LogP contribution in [0.5, 0.6) is 5.75 Å². The van der Waals surface area contributed by atoms with Gasteiger partial charge < -0.3 is 9.84 Å². The number of aromatic nitrogens is 1. The third-order valence-corrected chi connectivity index (χ3v) is 4.01. The molecule has 0 unspecified atom stereocenters. The van der Waals surface area contributed by atoms with Gasteiger partial charge in [0, 0.05) is 24.1 Å². The predicted octanol–water partition coefficient (Wildman–Crippen LogP) is 3.93. The van der Waals surface area contributed by atoms with E-state index >= 15 is 0 Å². The van der Waals surface area contributed by atoms with Crippen molar-refractivity contribution in [1.82, 2.24) is 4.98 Å². The lowest BCUT2D eigenvalue weighted by Gasteiger charge is -2.14. The molecule has 2 aromatic carbocycles. The SMILES string of the molecule is COc1ccc2nc(-c3ccc(N(C)C(=O)O)c([N+](=O)[O-])c3)ccc2c1. The smallest absolute Gasteiger partial charge is 0.411 e. The van der Waals surface area contributed by atoms with Gasteiger partial charge in [0.1, 0.15) is 11.4 Å². The summed E-state index contributed by atoms with van der Waals surface area (Å²) in [6.07, 6.45) is -1.28. The number of ether oxygens (including phenoxy) is 1. The second kappa shape index (κ2) is 6.67. The van der Waals surface area contributed by atoms with Gasteiger partial charge in [-0.25, -0.2) is 9.78 Å². The Bertz CT molecular complexity index is 1020. The van der Waals surface area contributed by atoms with E-state index in [0.717, 1.165) is 15.8 Å². The molecule has 8 heteroatoms. The van der Waals surface area contributed by atoms with Gasteiger partial charge in [0.05, 0.1) is 23.2 Å². The van der Waals surface area contributed by atoms with E-state index < -0.39 is 11.0 Å². The summed E-state index contributed by atoms with van der Waals surface area (Å²) < 4.78 is 5.18. The summed E-state index contributed by atoms with van der Waals surface area (Å²) in [6.45, 7) is 0. The first-order valence-electron chi connectivity index (χ1n) is 7.61. The Morgan fingerprint density at radius 3 is 2.62 bits per heavy atom. The van der Waals surface area contributed by atoms with Crippen molar-refractivity contribution in [3.8, 4) is 17.0 Å². The van der Waals surface area contributed by atoms with Crippen LogP contribution in [0.4, 0.5) is 16.2 Å². The molecule has 0 aliphatic rings. The zero-order valence-corrected chi connectivity index (χ0v) is 14.0. The van der Waals surface area contributed by atoms with Crippen molar-refractivity contribution in [2.75, 3.05) is 19.1 Å². The van der Waals surface area contributed by atoms with E-state index in [1.807, 2.05) is 12.1 Å². The number of pyridine rings is 1. The molecule has 0 spiro atoms. The first-order valence-corrected chi connectivity index (χ1v) is 7.61. The van der Waals surface area contributed by atoms with Gasteiger partial charge in [-0.05, 0) is 30.3 Å². The summed E-state index contributed by atoms with van der Waals surface area (Å²) in [6, 6.07) is 13.4. The monoisotopic (exact) mass is 353 g/mol. The molecule has 0 radical (unpaired) electrons. The zero-order chi connectivity index (χ0) is 18.8. The standard InChI is InChI=1S/C18H15N3O5/c1-20(18(22)23)16-8-4-12(10-17(16)21(24)25)14-6-3-11-9-13(26-2)5-7-15(11)19-14/h3-10H,1-2H3,(H,22,23). The normalized spacial score (nSPS) is 10.5. The van der Waals surface area contributed by atoms with Crippen LogP contribution in [0.2, 0.25) is 0 Å². The van der Waals surface area contributed by atoms with Gasteiger partial charge >= 0.3 is 6.09 Å². The maximum absolute atomic E-state index is 11.4. The Labute approximate surface area is 148 Å². The maximum atomic E-state index is 11.4. The molecular formula is C18H15N3O5. The lowest BCUT2D eigenvalue weighted by atomic mass is 10.1. The molecule has 8 nitrogen and oxygen atoms in total. The Morgan fingerprint density at radius 2 is 1.96 bits per heavy atom. The van der Waals surface area contributed by atoms with Crippen molar-refractivity contribution >= 4 is 28.4 Å². The number of carboxylic acid groups (broad SMARTS) is 1. The van der Waals surface area contributed by atoms with Crippen molar-refractivity contribution < 1.29 is 19.6 Å². The molecule has 1 aromatic heterocycles. The third-order valence-electron chi connectivity index (χ3n) is 4.01. The number of fused-ring (bicyclic) bond motifs is 1. The van der Waals surface area contributed by atoms with Crippen LogP contribution in [-0.4, -0.2) is 35.3 Å². The van der Waals surface area contributed by atoms with Gasteiger partial charge in [-0.15, -0.1) is 0 Å². The molecule has 1 amide bonds. The first kappa shape index (κ1) is 17.2. The van der Waals surface area contributed by atoms with E-state index in [-0.39, 0.29) is 11.4 Å². The van der Waals surface area contributed by atoms with Crippen LogP contribution in [0.25, 0.3) is 22.2 Å². The minimum Gasteiger partial charge on any atom is -0.497 e. The molecule has 1 heterocycles. The topological polar surface area (TPSA) is 106 Å². The number of anilines is 1. The third kappa shape index (κ3) is 3.12. The quantitative estimate of drug-likeness (QED) is 0.562. The molecule has 0 aliphatic carbocycles. The number of benzene rings is 2. The summed E-state index contributed by atoms with van der Waals surface area (Å²) in [5.74, 6) is 0.712. The summed E-state index contributed by atoms with van der Waals surface area (Å²) in [5.41, 5.74) is 1.49. The number of carbonyl (C=O) groups is 1. The van der Waals surface area contributed by atoms with Crippen LogP contribution in [0.3, 0.4) is 0 Å². The Morgan fingerprint density at radius 1 is 1.19 bits per heavy atom. The molecule has 26 heavy (non-hydrogen) atoms. The number of nitro groups is 1. The molecule has 0 fully saturated rings. The summed E-state index contributed by atoms with van der Waals surface area (Å²) in [5, 5.41) is 21.3. The number of hydrogen-bond donors (Lipinski definition) is 1. The molecule has 132 valence electrons. The van der Waals surface area contributed by atoms with Gasteiger partial charge in [-0.1, -0.05) is 12.1 Å². The molecule has 0 saturated heterocycles. The predicted molar refractivity (Wildman–Crippen MR) is 96.8 cm³/mol. The second-order valence-electron chi connectivity index (χ2n) is 5.56. The minimum absolute atomic E-state index is 0.00299. The van der Waals surface area contributed by atoms with E-state index in [0.29, 0.717) is 17.0 Å². The zero-order valence-electron chi connectivity index (χ0n) is 14.0. The number of amides is 1. The van der Waals surface area contributed by atoms with E-state index in [1.54, 1.807) is 31.4 Å². The molecule has 0 aliphatic heterocycles. The van der Waals surface area contributed by atoms with Crippen LogP contribution in [0.15, 0.2) is 48.5 Å². The van der Waals surface area contributed by atoms with E-state index in [9.17, 15) is 14.9 Å². The highest BCUT2D eigenvalue weighted by Crippen LogP contribution is 2.33. The molecular weight excluding hydrogens is 338 g/mol. The van der Waals surface area contributed by atoms with Crippen molar-refractivity contribution in [2.45, 2.75) is 0 Å². The van der Waals surface area contributed by atoms with Crippen LogP contribution in [-0.2, 0) is 0 Å². The summed E-state index contributed by atoms with van der Waals surface area (Å²) in [4.78, 5) is 27.2. The molecule has 3 aromatic rings. The van der Waals surface area contributed by atoms with Crippen LogP contribution < -0.4 is 9.64 Å². The summed E-state index contributed by atoms with van der Waals surface area (Å²) >= 11 is 0. The number of methoxy groups -OCH3 is 1. The van der Waals surface area contributed by atoms with Crippen molar-refractivity contribution in [3.05, 3.63) is 58.6 Å². The van der Waals surface area contributed by atoms with Gasteiger partial charge in [-0.2, -0.15) is 0 Å². The largest absolute Gasteiger partial charge is 0.497 e. The van der Waals surface area contributed by atoms with Crippen molar-refractivity contribution in [1.29, 1.82) is 0 Å². The average molecular weight is 353 g/mol. The van der Waals surface area contributed by atoms with E-state index in [4.69, 9.17) is 9.84 Å². The van der Waals surface area contributed by atoms with E-state index in [2.05, 4.69) is 4.98 Å². The highest BCUT2D eigenvalue weighted by molar-refractivity contribution is 5.90. The lowest BCUT2D eigenvalue weighted by Crippen LogP contribution is -2.24. The number of hydrogen-bond acceptors (Lipinski definition) is 5.